The van der Waals surface area contributed by atoms with Crippen LogP contribution in [0.4, 0.5) is 0 Å². The summed E-state index contributed by atoms with van der Waals surface area (Å²) < 4.78 is 15.3. The number of carbonyl (C=O) groups is 1. The molecule has 92 valence electrons. The van der Waals surface area contributed by atoms with Crippen LogP contribution >= 0.6 is 0 Å². The third kappa shape index (κ3) is 1.82. The van der Waals surface area contributed by atoms with Crippen molar-refractivity contribution in [3.8, 4) is 0 Å². The van der Waals surface area contributed by atoms with Crippen LogP contribution in [0.2, 0.25) is 0 Å². The number of carbonyl (C=O) groups excluding carboxylic acids is 1. The van der Waals surface area contributed by atoms with E-state index in [-0.39, 0.29) is 19.1 Å². The summed E-state index contributed by atoms with van der Waals surface area (Å²) in [4.78, 5) is 11.4. The average Bonchev–Trinajstić information content (AvgIpc) is 2.71. The van der Waals surface area contributed by atoms with Gasteiger partial charge in [-0.25, -0.2) is 0 Å². The van der Waals surface area contributed by atoms with E-state index < -0.39 is 30.1 Å². The number of aliphatic hydroxyl groups is 2. The molecule has 2 rings (SSSR count). The van der Waals surface area contributed by atoms with E-state index >= 15 is 0 Å². The van der Waals surface area contributed by atoms with E-state index in [2.05, 4.69) is 0 Å². The predicted molar refractivity (Wildman–Crippen MR) is 51.4 cm³/mol. The van der Waals surface area contributed by atoms with E-state index in [9.17, 15) is 15.0 Å². The third-order valence-corrected chi connectivity index (χ3v) is 2.80. The standard InChI is InChI=1S/C10H16O6/c1-5(2)9(12)16-10(13)4-15-7-6(11)3-14-8(7)10/h5-8,11,13H,3-4H2,1-2H3/t6-,7-,8+,10+/m1/s1. The Morgan fingerprint density at radius 2 is 2.19 bits per heavy atom. The minimum Gasteiger partial charge on any atom is -0.427 e. The molecule has 4 atom stereocenters. The molecule has 0 saturated carbocycles. The van der Waals surface area contributed by atoms with Gasteiger partial charge in [-0.3, -0.25) is 4.79 Å². The maximum atomic E-state index is 11.4. The Hall–Kier alpha value is -0.690. The zero-order chi connectivity index (χ0) is 11.9. The SMILES string of the molecule is CC(C)C(=O)O[C@@]1(O)CO[C@@H]2[C@H](O)CO[C@@H]21. The fourth-order valence-electron chi connectivity index (χ4n) is 1.86. The van der Waals surface area contributed by atoms with E-state index in [1.54, 1.807) is 13.8 Å². The van der Waals surface area contributed by atoms with Crippen LogP contribution in [0.3, 0.4) is 0 Å². The van der Waals surface area contributed by atoms with Crippen molar-refractivity contribution in [2.45, 2.75) is 37.9 Å². The molecule has 2 saturated heterocycles. The van der Waals surface area contributed by atoms with Crippen LogP contribution in [0, 0.1) is 5.92 Å². The van der Waals surface area contributed by atoms with Crippen LogP contribution < -0.4 is 0 Å². The van der Waals surface area contributed by atoms with E-state index in [1.165, 1.54) is 0 Å². The van der Waals surface area contributed by atoms with E-state index in [1.807, 2.05) is 0 Å². The Bertz CT molecular complexity index is 291. The quantitative estimate of drug-likeness (QED) is 0.471. The molecule has 0 aliphatic carbocycles. The van der Waals surface area contributed by atoms with Gasteiger partial charge in [0.1, 0.15) is 18.8 Å². The molecule has 0 aromatic heterocycles. The summed E-state index contributed by atoms with van der Waals surface area (Å²) in [6.45, 7) is 3.25. The first-order chi connectivity index (χ1) is 7.44. The lowest BCUT2D eigenvalue weighted by Crippen LogP contribution is -2.48. The van der Waals surface area contributed by atoms with Gasteiger partial charge in [0.05, 0.1) is 12.5 Å². The van der Waals surface area contributed by atoms with Gasteiger partial charge in [-0.05, 0) is 0 Å². The van der Waals surface area contributed by atoms with Gasteiger partial charge < -0.3 is 24.4 Å². The molecule has 0 aromatic carbocycles. The molecule has 0 radical (unpaired) electrons. The predicted octanol–water partition coefficient (Wildman–Crippen LogP) is -0.967. The van der Waals surface area contributed by atoms with Crippen LogP contribution in [0.1, 0.15) is 13.8 Å². The van der Waals surface area contributed by atoms with Gasteiger partial charge in [0.15, 0.2) is 6.10 Å². The molecule has 0 bridgehead atoms. The lowest BCUT2D eigenvalue weighted by Gasteiger charge is -2.27. The highest BCUT2D eigenvalue weighted by molar-refractivity contribution is 5.72. The Morgan fingerprint density at radius 3 is 2.81 bits per heavy atom. The van der Waals surface area contributed by atoms with Crippen LogP contribution in [0.5, 0.6) is 0 Å². The summed E-state index contributed by atoms with van der Waals surface area (Å²) >= 11 is 0. The molecule has 0 amide bonds. The van der Waals surface area contributed by atoms with Gasteiger partial charge >= 0.3 is 5.97 Å². The molecule has 0 spiro atoms. The molecule has 2 fully saturated rings. The fourth-order valence-corrected chi connectivity index (χ4v) is 1.86. The summed E-state index contributed by atoms with van der Waals surface area (Å²) in [5.41, 5.74) is 0. The lowest BCUT2D eigenvalue weighted by molar-refractivity contribution is -0.240. The number of ether oxygens (including phenoxy) is 3. The largest absolute Gasteiger partial charge is 0.427 e. The number of rotatable bonds is 2. The highest BCUT2D eigenvalue weighted by atomic mass is 16.7. The molecule has 6 heteroatoms. The van der Waals surface area contributed by atoms with Crippen molar-refractivity contribution in [2.24, 2.45) is 5.92 Å². The molecule has 2 heterocycles. The Morgan fingerprint density at radius 1 is 1.50 bits per heavy atom. The zero-order valence-electron chi connectivity index (χ0n) is 9.25. The second-order valence-electron chi connectivity index (χ2n) is 4.52. The summed E-state index contributed by atoms with van der Waals surface area (Å²) in [6, 6.07) is 0. The molecule has 6 nitrogen and oxygen atoms in total. The molecular weight excluding hydrogens is 216 g/mol. The molecular formula is C10H16O6. The molecule has 2 aliphatic rings. The Kier molecular flexibility index (Phi) is 2.91. The second-order valence-corrected chi connectivity index (χ2v) is 4.52. The van der Waals surface area contributed by atoms with Gasteiger partial charge in [-0.1, -0.05) is 13.8 Å². The first-order valence-electron chi connectivity index (χ1n) is 5.30. The number of aliphatic hydroxyl groups excluding tert-OH is 1. The van der Waals surface area contributed by atoms with Crippen molar-refractivity contribution in [1.82, 2.24) is 0 Å². The lowest BCUT2D eigenvalue weighted by atomic mass is 10.1. The monoisotopic (exact) mass is 232 g/mol. The van der Waals surface area contributed by atoms with Gasteiger partial charge in [0.2, 0.25) is 0 Å². The topological polar surface area (TPSA) is 85.2 Å². The van der Waals surface area contributed by atoms with Crippen LogP contribution in [0.25, 0.3) is 0 Å². The van der Waals surface area contributed by atoms with Gasteiger partial charge in [0, 0.05) is 0 Å². The molecule has 0 aromatic rings. The maximum Gasteiger partial charge on any atom is 0.311 e. The molecule has 0 unspecified atom stereocenters. The zero-order valence-corrected chi connectivity index (χ0v) is 9.25. The van der Waals surface area contributed by atoms with Crippen LogP contribution in [-0.4, -0.2) is 53.5 Å². The highest BCUT2D eigenvalue weighted by Crippen LogP contribution is 2.35. The van der Waals surface area contributed by atoms with Crippen molar-refractivity contribution < 1.29 is 29.2 Å². The first-order valence-corrected chi connectivity index (χ1v) is 5.30. The van der Waals surface area contributed by atoms with Gasteiger partial charge in [-0.15, -0.1) is 0 Å². The molecule has 2 N–H and O–H groups in total. The van der Waals surface area contributed by atoms with Crippen LogP contribution in [0.15, 0.2) is 0 Å². The average molecular weight is 232 g/mol. The third-order valence-electron chi connectivity index (χ3n) is 2.80. The van der Waals surface area contributed by atoms with E-state index in [4.69, 9.17) is 14.2 Å². The molecule has 2 aliphatic heterocycles. The van der Waals surface area contributed by atoms with Crippen molar-refractivity contribution in [2.75, 3.05) is 13.2 Å². The summed E-state index contributed by atoms with van der Waals surface area (Å²) in [5.74, 6) is -2.63. The van der Waals surface area contributed by atoms with Gasteiger partial charge in [-0.2, -0.15) is 0 Å². The second kappa shape index (κ2) is 3.96. The Balaban J connectivity index is 2.06. The number of esters is 1. The van der Waals surface area contributed by atoms with Crippen molar-refractivity contribution in [1.29, 1.82) is 0 Å². The first kappa shape index (κ1) is 11.8. The number of hydrogen-bond acceptors (Lipinski definition) is 6. The minimum atomic E-state index is -1.77. The maximum absolute atomic E-state index is 11.4. The van der Waals surface area contributed by atoms with Crippen molar-refractivity contribution in [3.05, 3.63) is 0 Å². The summed E-state index contributed by atoms with van der Waals surface area (Å²) in [5, 5.41) is 19.6. The fraction of sp³-hybridized carbons (Fsp3) is 0.900. The number of fused-ring (bicyclic) bond motifs is 1. The van der Waals surface area contributed by atoms with Gasteiger partial charge in [0.25, 0.3) is 5.79 Å². The van der Waals surface area contributed by atoms with E-state index in [0.29, 0.717) is 0 Å². The highest BCUT2D eigenvalue weighted by Gasteiger charge is 2.58. The molecule has 16 heavy (non-hydrogen) atoms. The van der Waals surface area contributed by atoms with Crippen molar-refractivity contribution in [3.63, 3.8) is 0 Å². The Labute approximate surface area is 93.1 Å². The van der Waals surface area contributed by atoms with E-state index in [0.717, 1.165) is 0 Å². The van der Waals surface area contributed by atoms with Crippen LogP contribution in [-0.2, 0) is 19.0 Å². The summed E-state index contributed by atoms with van der Waals surface area (Å²) in [6.07, 6.45) is -2.20. The normalized spacial score (nSPS) is 42.4. The minimum absolute atomic E-state index is 0.0802. The number of hydrogen-bond donors (Lipinski definition) is 2. The van der Waals surface area contributed by atoms with Crippen molar-refractivity contribution >= 4 is 5.97 Å². The smallest absolute Gasteiger partial charge is 0.311 e. The summed E-state index contributed by atoms with van der Waals surface area (Å²) in [7, 11) is 0.